The summed E-state index contributed by atoms with van der Waals surface area (Å²) in [5.74, 6) is 0. The molecule has 1 saturated carbocycles. The van der Waals surface area contributed by atoms with E-state index in [-0.39, 0.29) is 12.1 Å². The van der Waals surface area contributed by atoms with E-state index in [0.717, 1.165) is 53.8 Å². The van der Waals surface area contributed by atoms with Crippen molar-refractivity contribution in [3.05, 3.63) is 112 Å². The molecule has 7 rings (SSSR count). The second kappa shape index (κ2) is 12.0. The molecular formula is C34H30ClN9. The van der Waals surface area contributed by atoms with Gasteiger partial charge in [-0.1, -0.05) is 65.3 Å². The topological polar surface area (TPSA) is 127 Å². The molecule has 0 amide bonds. The number of hydrogen-bond acceptors (Lipinski definition) is 8. The van der Waals surface area contributed by atoms with E-state index in [4.69, 9.17) is 11.6 Å². The first-order valence-corrected chi connectivity index (χ1v) is 15.2. The Morgan fingerprint density at radius 1 is 1.05 bits per heavy atom. The smallest absolute Gasteiger partial charge is 0.109 e. The number of nitrogens with zero attached hydrogens (tertiary/aromatic N) is 6. The lowest BCUT2D eigenvalue weighted by atomic mass is 9.95. The minimum atomic E-state index is -0.276. The van der Waals surface area contributed by atoms with Crippen LogP contribution in [0.4, 0.5) is 11.4 Å². The van der Waals surface area contributed by atoms with Gasteiger partial charge >= 0.3 is 0 Å². The molecular weight excluding hydrogens is 570 g/mol. The fraction of sp³-hybridized carbons (Fsp3) is 0.265. The van der Waals surface area contributed by atoms with Crippen LogP contribution in [0.3, 0.4) is 0 Å². The highest BCUT2D eigenvalue weighted by Gasteiger charge is 2.29. The lowest BCUT2D eigenvalue weighted by Crippen LogP contribution is -2.16. The van der Waals surface area contributed by atoms with E-state index in [1.807, 2.05) is 53.3 Å². The predicted octanol–water partition coefficient (Wildman–Crippen LogP) is 6.95. The molecule has 1 aliphatic heterocycles. The molecule has 5 aromatic rings. The predicted molar refractivity (Wildman–Crippen MR) is 170 cm³/mol. The summed E-state index contributed by atoms with van der Waals surface area (Å²) in [6.07, 6.45) is 6.77. The van der Waals surface area contributed by atoms with Crippen LogP contribution >= 0.6 is 11.6 Å². The summed E-state index contributed by atoms with van der Waals surface area (Å²) >= 11 is 6.89. The van der Waals surface area contributed by atoms with Crippen LogP contribution in [0.1, 0.15) is 77.3 Å². The molecule has 1 fully saturated rings. The molecule has 44 heavy (non-hydrogen) atoms. The summed E-state index contributed by atoms with van der Waals surface area (Å²) in [5.41, 5.74) is 7.93. The van der Waals surface area contributed by atoms with E-state index in [1.165, 1.54) is 11.1 Å². The molecule has 0 unspecified atom stereocenters. The third-order valence-corrected chi connectivity index (χ3v) is 8.69. The fourth-order valence-corrected chi connectivity index (χ4v) is 6.29. The number of pyridine rings is 1. The van der Waals surface area contributed by atoms with E-state index in [9.17, 15) is 10.5 Å². The molecule has 10 heteroatoms. The first-order valence-electron chi connectivity index (χ1n) is 14.8. The molecule has 3 aromatic carbocycles. The van der Waals surface area contributed by atoms with Crippen molar-refractivity contribution in [3.63, 3.8) is 0 Å². The molecule has 2 atom stereocenters. The third kappa shape index (κ3) is 5.44. The van der Waals surface area contributed by atoms with Gasteiger partial charge in [0.2, 0.25) is 0 Å². The van der Waals surface area contributed by atoms with E-state index in [0.29, 0.717) is 40.7 Å². The van der Waals surface area contributed by atoms with Gasteiger partial charge < -0.3 is 16.0 Å². The van der Waals surface area contributed by atoms with Crippen molar-refractivity contribution in [3.8, 4) is 12.1 Å². The Labute approximate surface area is 260 Å². The highest BCUT2D eigenvalue weighted by atomic mass is 35.5. The molecule has 9 nitrogen and oxygen atoms in total. The third-order valence-electron chi connectivity index (χ3n) is 8.40. The Morgan fingerprint density at radius 3 is 2.70 bits per heavy atom. The van der Waals surface area contributed by atoms with Crippen LogP contribution in [0.15, 0.2) is 73.1 Å². The van der Waals surface area contributed by atoms with Gasteiger partial charge in [0.25, 0.3) is 0 Å². The maximum Gasteiger partial charge on any atom is 0.109 e. The number of hydrogen-bond donors (Lipinski definition) is 3. The summed E-state index contributed by atoms with van der Waals surface area (Å²) in [7, 11) is 0. The summed E-state index contributed by atoms with van der Waals surface area (Å²) < 4.78 is 1.97. The van der Waals surface area contributed by atoms with E-state index < -0.39 is 0 Å². The lowest BCUT2D eigenvalue weighted by Gasteiger charge is -2.23. The van der Waals surface area contributed by atoms with E-state index in [2.05, 4.69) is 61.6 Å². The van der Waals surface area contributed by atoms with Gasteiger partial charge in [0.15, 0.2) is 0 Å². The molecule has 3 N–H and O–H groups in total. The van der Waals surface area contributed by atoms with Crippen LogP contribution in [0.5, 0.6) is 0 Å². The monoisotopic (exact) mass is 599 g/mol. The van der Waals surface area contributed by atoms with Gasteiger partial charge in [0.05, 0.1) is 52.2 Å². The first-order chi connectivity index (χ1) is 21.6. The van der Waals surface area contributed by atoms with E-state index >= 15 is 0 Å². The van der Waals surface area contributed by atoms with Crippen LogP contribution in [0.25, 0.3) is 10.9 Å². The second-order valence-corrected chi connectivity index (χ2v) is 11.7. The largest absolute Gasteiger partial charge is 0.377 e. The number of nitrogens with one attached hydrogen (secondary N) is 3. The number of rotatable bonds is 10. The number of aromatic nitrogens is 4. The maximum atomic E-state index is 10.1. The minimum Gasteiger partial charge on any atom is -0.377 e. The van der Waals surface area contributed by atoms with Gasteiger partial charge in [-0.05, 0) is 53.6 Å². The van der Waals surface area contributed by atoms with Crippen LogP contribution in [0, 0.1) is 22.7 Å². The number of benzene rings is 3. The van der Waals surface area contributed by atoms with Crippen molar-refractivity contribution < 1.29 is 0 Å². The first kappa shape index (κ1) is 27.8. The highest BCUT2D eigenvalue weighted by Crippen LogP contribution is 2.39. The summed E-state index contributed by atoms with van der Waals surface area (Å²) in [6.45, 7) is 1.62. The average Bonchev–Trinajstić information content (AvgIpc) is 3.57. The number of fused-ring (bicyclic) bond motifs is 2. The van der Waals surface area contributed by atoms with Crippen LogP contribution in [-0.4, -0.2) is 20.0 Å². The number of halogens is 1. The molecule has 0 radical (unpaired) electrons. The average molecular weight is 600 g/mol. The standard InChI is InChI=1S/C34H30ClN9/c35-29-15-24(40-34(31-20-44(43-42-31)25-11-12-25)26-9-4-8-22-17-38-19-28(22)26)14-27-32(23(16-37)18-39-33(27)29)41-30(10-5-13-36)21-6-2-1-3-7-21/h1-4,6-9,14-15,18,20,25,30,34,38,40H,5,10-12,17,19H2,(H,39,41)/t30-,34+/m1/s1. The minimum absolute atomic E-state index is 0.187. The Morgan fingerprint density at radius 2 is 1.91 bits per heavy atom. The number of anilines is 2. The molecule has 3 heterocycles. The Balaban J connectivity index is 1.32. The zero-order valence-corrected chi connectivity index (χ0v) is 24.7. The normalized spacial score (nSPS) is 15.2. The Kier molecular flexibility index (Phi) is 7.57. The quantitative estimate of drug-likeness (QED) is 0.157. The Bertz CT molecular complexity index is 1920. The van der Waals surface area contributed by atoms with Crippen molar-refractivity contribution in [2.75, 3.05) is 10.6 Å². The van der Waals surface area contributed by atoms with Gasteiger partial charge in [-0.25, -0.2) is 4.68 Å². The van der Waals surface area contributed by atoms with Crippen LogP contribution in [0.2, 0.25) is 5.02 Å². The number of nitriles is 2. The van der Waals surface area contributed by atoms with Gasteiger partial charge in [-0.3, -0.25) is 4.98 Å². The van der Waals surface area contributed by atoms with Gasteiger partial charge in [0, 0.05) is 36.8 Å². The molecule has 0 saturated heterocycles. The molecule has 2 aromatic heterocycles. The van der Waals surface area contributed by atoms with Crippen LogP contribution < -0.4 is 16.0 Å². The SMILES string of the molecule is N#CCC[C@@H](Nc1c(C#N)cnc2c(Cl)cc(N[C@H](c3cn(C4CC4)nn3)c3cccc4c3CNC4)cc12)c1ccccc1. The summed E-state index contributed by atoms with van der Waals surface area (Å²) in [6, 6.07) is 24.7. The van der Waals surface area contributed by atoms with E-state index in [1.54, 1.807) is 6.20 Å². The second-order valence-electron chi connectivity index (χ2n) is 11.3. The molecule has 0 bridgehead atoms. The van der Waals surface area contributed by atoms with Gasteiger partial charge in [-0.2, -0.15) is 10.5 Å². The fourth-order valence-electron chi connectivity index (χ4n) is 6.02. The van der Waals surface area contributed by atoms with Crippen molar-refractivity contribution >= 4 is 33.9 Å². The van der Waals surface area contributed by atoms with Crippen LogP contribution in [-0.2, 0) is 13.1 Å². The van der Waals surface area contributed by atoms with Gasteiger partial charge in [-0.15, -0.1) is 5.10 Å². The zero-order chi connectivity index (χ0) is 30.0. The molecule has 0 spiro atoms. The molecule has 2 aliphatic rings. The zero-order valence-electron chi connectivity index (χ0n) is 24.0. The lowest BCUT2D eigenvalue weighted by molar-refractivity contribution is 0.610. The maximum absolute atomic E-state index is 10.1. The van der Waals surface area contributed by atoms with Crippen molar-refractivity contribution in [1.82, 2.24) is 25.3 Å². The van der Waals surface area contributed by atoms with Crippen molar-refractivity contribution in [2.45, 2.75) is 56.9 Å². The summed E-state index contributed by atoms with van der Waals surface area (Å²) in [4.78, 5) is 4.56. The van der Waals surface area contributed by atoms with Crippen molar-refractivity contribution in [1.29, 1.82) is 10.5 Å². The highest BCUT2D eigenvalue weighted by molar-refractivity contribution is 6.35. The Hall–Kier alpha value is -4.96. The summed E-state index contributed by atoms with van der Waals surface area (Å²) in [5, 5.41) is 40.5. The van der Waals surface area contributed by atoms with Crippen molar-refractivity contribution in [2.24, 2.45) is 0 Å². The van der Waals surface area contributed by atoms with Gasteiger partial charge in [0.1, 0.15) is 11.8 Å². The molecule has 218 valence electrons. The molecule has 1 aliphatic carbocycles.